The van der Waals surface area contributed by atoms with E-state index in [-0.39, 0.29) is 0 Å². The van der Waals surface area contributed by atoms with Crippen molar-refractivity contribution >= 4 is 32.8 Å². The molecule has 0 rings (SSSR count). The Balaban J connectivity index is 3.14. The Bertz CT molecular complexity index is 44.9. The minimum Gasteiger partial charge on any atom is -0.0889 e. The second-order valence-electron chi connectivity index (χ2n) is 1.19. The zero-order chi connectivity index (χ0) is 4.28. The van der Waals surface area contributed by atoms with Crippen LogP contribution in [-0.4, -0.2) is 10.2 Å². The number of allylic oxidation sites excluding steroid dienone is 1. The first-order valence-electron chi connectivity index (χ1n) is 1.51. The molecule has 0 amide bonds. The van der Waals surface area contributed by atoms with Gasteiger partial charge < -0.3 is 0 Å². The zero-order valence-electron chi connectivity index (χ0n) is 3.46. The van der Waals surface area contributed by atoms with Crippen molar-refractivity contribution in [3.8, 4) is 0 Å². The third-order valence-electron chi connectivity index (χ3n) is 0.218. The molecule has 0 N–H and O–H groups in total. The second-order valence-corrected chi connectivity index (χ2v) is 3.39. The molecule has 0 aliphatic carbocycles. The second kappa shape index (κ2) is 2.90. The van der Waals surface area contributed by atoms with Gasteiger partial charge in [0.1, 0.15) is 0 Å². The first kappa shape index (κ1) is 5.69. The Morgan fingerprint density at radius 3 is 2.20 bits per heavy atom. The number of rotatable bonds is 0. The largest absolute Gasteiger partial charge is 0.0889 e. The molecule has 0 aromatic heterocycles. The van der Waals surface area contributed by atoms with E-state index < -0.39 is 0 Å². The van der Waals surface area contributed by atoms with Gasteiger partial charge in [-0.15, -0.1) is 0 Å². The van der Waals surface area contributed by atoms with Crippen LogP contribution < -0.4 is 0 Å². The number of hydrogen-bond acceptors (Lipinski definition) is 0. The van der Waals surface area contributed by atoms with Crippen molar-refractivity contribution in [3.63, 3.8) is 0 Å². The molecule has 5 heavy (non-hydrogen) atoms. The Morgan fingerprint density at radius 2 is 2.20 bits per heavy atom. The highest BCUT2D eigenvalue weighted by atomic mass is 127. The lowest BCUT2D eigenvalue weighted by Crippen LogP contribution is -1.60. The summed E-state index contributed by atoms with van der Waals surface area (Å²) in [7, 11) is 1.22. The van der Waals surface area contributed by atoms with Crippen LogP contribution in [-0.2, 0) is 0 Å². The van der Waals surface area contributed by atoms with Crippen LogP contribution in [0.3, 0.4) is 0 Å². The lowest BCUT2D eigenvalue weighted by Gasteiger charge is -1.72. The minimum absolute atomic E-state index is 1.22. The summed E-state index contributed by atoms with van der Waals surface area (Å²) in [6.45, 7) is 2.14. The fraction of sp³-hybridized carbons (Fsp3) is 0.333. The van der Waals surface area contributed by atoms with E-state index in [9.17, 15) is 0 Å². The van der Waals surface area contributed by atoms with E-state index in [1.54, 1.807) is 0 Å². The molecule has 0 aliphatic rings. The fourth-order valence-corrected chi connectivity index (χ4v) is 0. The third-order valence-corrected chi connectivity index (χ3v) is 2.93. The summed E-state index contributed by atoms with van der Waals surface area (Å²) in [6, 6.07) is 0. The molecule has 0 saturated heterocycles. The van der Waals surface area contributed by atoms with E-state index >= 15 is 0 Å². The van der Waals surface area contributed by atoms with Crippen molar-refractivity contribution in [2.24, 2.45) is 0 Å². The van der Waals surface area contributed by atoms with Gasteiger partial charge in [-0.25, -0.2) is 0 Å². The minimum atomic E-state index is 1.22. The van der Waals surface area contributed by atoms with Crippen molar-refractivity contribution in [2.45, 2.75) is 6.92 Å². The average molecular weight is 198 g/mol. The Labute approximate surface area is 49.2 Å². The highest BCUT2D eigenvalue weighted by Gasteiger charge is 1.62. The molecular weight excluding hydrogens is 191 g/mol. The molecule has 0 nitrogen and oxygen atoms in total. The van der Waals surface area contributed by atoms with Crippen molar-refractivity contribution in [1.82, 2.24) is 0 Å². The summed E-state index contributed by atoms with van der Waals surface area (Å²) in [6.07, 6.45) is 0. The molecule has 2 heteroatoms. The molecule has 0 aliphatic heterocycles. The van der Waals surface area contributed by atoms with Crippen molar-refractivity contribution in [3.05, 3.63) is 9.28 Å². The molecule has 30 valence electrons. The molecule has 0 bridgehead atoms. The topological polar surface area (TPSA) is 0 Å². The maximum Gasteiger partial charge on any atom is 0.0335 e. The first-order chi connectivity index (χ1) is 2.27. The van der Waals surface area contributed by atoms with Crippen LogP contribution in [0.25, 0.3) is 0 Å². The summed E-state index contributed by atoms with van der Waals surface area (Å²) >= 11 is 2.25. The zero-order valence-corrected chi connectivity index (χ0v) is 7.61. The van der Waals surface area contributed by atoms with Gasteiger partial charge in [0.05, 0.1) is 0 Å². The van der Waals surface area contributed by atoms with Crippen LogP contribution in [0.5, 0.6) is 0 Å². The standard InChI is InChI=1S/C3H7ISi/c1-3(5)2-4/h2H,1,5H3/b3-2+. The van der Waals surface area contributed by atoms with E-state index in [2.05, 4.69) is 33.6 Å². The average Bonchev–Trinajstić information content (AvgIpc) is 1.38. The van der Waals surface area contributed by atoms with Crippen LogP contribution in [0, 0.1) is 0 Å². The van der Waals surface area contributed by atoms with Crippen LogP contribution in [0.1, 0.15) is 6.92 Å². The quantitative estimate of drug-likeness (QED) is 0.396. The van der Waals surface area contributed by atoms with Gasteiger partial charge in [0.25, 0.3) is 0 Å². The fourth-order valence-electron chi connectivity index (χ4n) is 0. The number of halogens is 1. The molecule has 0 heterocycles. The van der Waals surface area contributed by atoms with Gasteiger partial charge in [-0.05, 0) is 11.0 Å². The normalized spacial score (nSPS) is 12.8. The van der Waals surface area contributed by atoms with E-state index in [1.807, 2.05) is 0 Å². The first-order valence-corrected chi connectivity index (χ1v) is 3.75. The van der Waals surface area contributed by atoms with E-state index in [1.165, 1.54) is 15.4 Å². The van der Waals surface area contributed by atoms with Crippen molar-refractivity contribution in [2.75, 3.05) is 0 Å². The van der Waals surface area contributed by atoms with Gasteiger partial charge >= 0.3 is 0 Å². The van der Waals surface area contributed by atoms with Crippen LogP contribution in [0.4, 0.5) is 0 Å². The van der Waals surface area contributed by atoms with Crippen molar-refractivity contribution in [1.29, 1.82) is 0 Å². The van der Waals surface area contributed by atoms with Gasteiger partial charge in [-0.1, -0.05) is 27.8 Å². The molecule has 0 aromatic carbocycles. The summed E-state index contributed by atoms with van der Waals surface area (Å²) < 4.78 is 2.12. The predicted octanol–water partition coefficient (Wildman–Crippen LogP) is 0.648. The van der Waals surface area contributed by atoms with E-state index in [0.717, 1.165) is 0 Å². The number of hydrogen-bond donors (Lipinski definition) is 0. The lowest BCUT2D eigenvalue weighted by atomic mass is 10.8. The molecule has 0 fully saturated rings. The van der Waals surface area contributed by atoms with Crippen LogP contribution >= 0.6 is 22.6 Å². The molecule has 0 spiro atoms. The molecule has 0 radical (unpaired) electrons. The van der Waals surface area contributed by atoms with Gasteiger partial charge in [0.2, 0.25) is 0 Å². The molecule has 0 unspecified atom stereocenters. The van der Waals surface area contributed by atoms with Crippen molar-refractivity contribution < 1.29 is 0 Å². The van der Waals surface area contributed by atoms with Gasteiger partial charge in [-0.3, -0.25) is 0 Å². The highest BCUT2D eigenvalue weighted by molar-refractivity contribution is 14.1. The van der Waals surface area contributed by atoms with Crippen LogP contribution in [0.15, 0.2) is 9.28 Å². The summed E-state index contributed by atoms with van der Waals surface area (Å²) in [4.78, 5) is 0. The molecule has 0 saturated carbocycles. The Kier molecular flexibility index (Phi) is 3.30. The van der Waals surface area contributed by atoms with Gasteiger partial charge in [-0.2, -0.15) is 0 Å². The Hall–Kier alpha value is 0.687. The SMILES string of the molecule is C/C([SiH3])=C\I. The molecule has 0 atom stereocenters. The van der Waals surface area contributed by atoms with Gasteiger partial charge in [0.15, 0.2) is 0 Å². The smallest absolute Gasteiger partial charge is 0.0335 e. The summed E-state index contributed by atoms with van der Waals surface area (Å²) in [5.41, 5.74) is 0. The van der Waals surface area contributed by atoms with Crippen LogP contribution in [0.2, 0.25) is 0 Å². The van der Waals surface area contributed by atoms with Gasteiger partial charge in [0, 0.05) is 10.2 Å². The Morgan fingerprint density at radius 1 is 2.00 bits per heavy atom. The third kappa shape index (κ3) is 4.69. The maximum atomic E-state index is 2.25. The summed E-state index contributed by atoms with van der Waals surface area (Å²) in [5.74, 6) is 0. The lowest BCUT2D eigenvalue weighted by molar-refractivity contribution is 1.71. The van der Waals surface area contributed by atoms with E-state index in [4.69, 9.17) is 0 Å². The monoisotopic (exact) mass is 198 g/mol. The molecular formula is C3H7ISi. The maximum absolute atomic E-state index is 2.25. The highest BCUT2D eigenvalue weighted by Crippen LogP contribution is 1.88. The van der Waals surface area contributed by atoms with E-state index in [0.29, 0.717) is 0 Å². The summed E-state index contributed by atoms with van der Waals surface area (Å²) in [5, 5.41) is 1.51. The molecule has 0 aromatic rings. The predicted molar refractivity (Wildman–Crippen MR) is 37.7 cm³/mol.